The highest BCUT2D eigenvalue weighted by atomic mass is 32.2. The molecule has 4 aromatic carbocycles. The van der Waals surface area contributed by atoms with Gasteiger partial charge in [-0.1, -0.05) is 133 Å². The van der Waals surface area contributed by atoms with E-state index in [9.17, 15) is 9.59 Å². The van der Waals surface area contributed by atoms with Crippen LogP contribution >= 0.6 is 18.6 Å². The summed E-state index contributed by atoms with van der Waals surface area (Å²) in [5, 5.41) is 4.03. The number of hydrogen-bond acceptors (Lipinski definition) is 5. The number of amidine groups is 1. The zero-order valence-electron chi connectivity index (χ0n) is 21.4. The summed E-state index contributed by atoms with van der Waals surface area (Å²) >= 11 is 1.23. The molecule has 0 fully saturated rings. The van der Waals surface area contributed by atoms with Crippen LogP contribution in [0.25, 0.3) is 0 Å². The second-order valence-corrected chi connectivity index (χ2v) is 12.9. The van der Waals surface area contributed by atoms with Gasteiger partial charge in [-0.25, -0.2) is 4.99 Å². The zero-order valence-corrected chi connectivity index (χ0v) is 23.1. The second-order valence-electron chi connectivity index (χ2n) is 8.64. The van der Waals surface area contributed by atoms with Gasteiger partial charge in [0.15, 0.2) is 5.84 Å². The van der Waals surface area contributed by atoms with Gasteiger partial charge >= 0.3 is 5.97 Å². The lowest BCUT2D eigenvalue weighted by Gasteiger charge is -2.33. The van der Waals surface area contributed by atoms with Gasteiger partial charge in [-0.05, 0) is 29.7 Å². The van der Waals surface area contributed by atoms with E-state index in [4.69, 9.17) is 9.73 Å². The molecule has 0 saturated carbocycles. The molecule has 1 heterocycles. The van der Waals surface area contributed by atoms with Crippen molar-refractivity contribution in [2.24, 2.45) is 9.98 Å². The molecule has 0 atom stereocenters. The van der Waals surface area contributed by atoms with Crippen molar-refractivity contribution in [1.29, 1.82) is 0 Å². The highest BCUT2D eigenvalue weighted by molar-refractivity contribution is 8.19. The van der Waals surface area contributed by atoms with Crippen molar-refractivity contribution in [3.63, 3.8) is 0 Å². The first kappa shape index (κ1) is 26.6. The van der Waals surface area contributed by atoms with E-state index in [1.165, 1.54) is 11.8 Å². The Morgan fingerprint density at radius 3 is 1.64 bits per heavy atom. The first-order valence-corrected chi connectivity index (χ1v) is 15.4. The van der Waals surface area contributed by atoms with E-state index in [2.05, 4.69) is 41.4 Å². The molecule has 194 valence electrons. The summed E-state index contributed by atoms with van der Waals surface area (Å²) in [5.74, 6) is -0.337. The Hall–Kier alpha value is -3.99. The molecule has 1 aliphatic heterocycles. The quantitative estimate of drug-likeness (QED) is 0.244. The van der Waals surface area contributed by atoms with E-state index in [0.717, 1.165) is 21.5 Å². The van der Waals surface area contributed by atoms with Gasteiger partial charge in [0, 0.05) is 5.56 Å². The van der Waals surface area contributed by atoms with E-state index >= 15 is 0 Å². The number of hydrogen-bond donors (Lipinski definition) is 0. The van der Waals surface area contributed by atoms with Crippen molar-refractivity contribution in [2.75, 3.05) is 12.4 Å². The van der Waals surface area contributed by atoms with Gasteiger partial charge in [-0.3, -0.25) is 9.59 Å². The maximum atomic E-state index is 14.3. The van der Waals surface area contributed by atoms with Gasteiger partial charge in [0.1, 0.15) is 5.04 Å². The molecular weight excluding hydrogens is 523 g/mol. The van der Waals surface area contributed by atoms with Crippen LogP contribution in [-0.2, 0) is 14.3 Å². The highest BCUT2D eigenvalue weighted by Crippen LogP contribution is 2.48. The van der Waals surface area contributed by atoms with Crippen LogP contribution in [-0.4, -0.2) is 40.4 Å². The molecular formula is C32H27N2O3PS. The van der Waals surface area contributed by atoms with Crippen LogP contribution in [0.15, 0.2) is 131 Å². The average molecular weight is 551 g/mol. The minimum atomic E-state index is -2.78. The van der Waals surface area contributed by atoms with Crippen LogP contribution in [0.3, 0.4) is 0 Å². The fourth-order valence-corrected chi connectivity index (χ4v) is 10.2. The Kier molecular flexibility index (Phi) is 8.36. The number of carbonyl (C=O) groups excluding carboxylic acids is 2. The third-order valence-electron chi connectivity index (χ3n) is 6.25. The number of nitrogens with zero attached hydrogens (tertiary/aromatic N) is 2. The Balaban J connectivity index is 1.88. The molecule has 39 heavy (non-hydrogen) atoms. The number of ether oxygens (including phenoxy) is 1. The molecule has 0 aromatic heterocycles. The van der Waals surface area contributed by atoms with Crippen LogP contribution in [0.2, 0.25) is 0 Å². The zero-order chi connectivity index (χ0) is 27.1. The van der Waals surface area contributed by atoms with Gasteiger partial charge in [-0.2, -0.15) is 4.99 Å². The number of rotatable bonds is 7. The Bertz CT molecular complexity index is 1480. The van der Waals surface area contributed by atoms with Crippen LogP contribution in [0, 0.1) is 0 Å². The molecule has 0 spiro atoms. The van der Waals surface area contributed by atoms with Crippen molar-refractivity contribution >= 4 is 62.6 Å². The number of benzene rings is 4. The van der Waals surface area contributed by atoms with E-state index in [1.54, 1.807) is 6.92 Å². The molecule has 0 aliphatic carbocycles. The molecule has 1 aliphatic rings. The predicted octanol–water partition coefficient (Wildman–Crippen LogP) is 4.83. The minimum Gasteiger partial charge on any atom is -0.465 e. The van der Waals surface area contributed by atoms with Crippen LogP contribution < -0.4 is 15.9 Å². The van der Waals surface area contributed by atoms with Gasteiger partial charge in [0.25, 0.3) is 5.91 Å². The summed E-state index contributed by atoms with van der Waals surface area (Å²) in [6.07, 6.45) is 0. The normalized spacial score (nSPS) is 13.5. The number of esters is 1. The Labute approximate surface area is 232 Å². The first-order valence-electron chi connectivity index (χ1n) is 12.6. The predicted molar refractivity (Wildman–Crippen MR) is 165 cm³/mol. The summed E-state index contributed by atoms with van der Waals surface area (Å²) in [7, 11) is 0. The number of amides is 1. The molecule has 0 N–H and O–H groups in total. The van der Waals surface area contributed by atoms with E-state index in [1.807, 2.05) is 84.9 Å². The van der Waals surface area contributed by atoms with E-state index in [-0.39, 0.29) is 24.2 Å². The Morgan fingerprint density at radius 1 is 0.718 bits per heavy atom. The Morgan fingerprint density at radius 2 is 1.18 bits per heavy atom. The molecule has 0 bridgehead atoms. The van der Waals surface area contributed by atoms with Crippen molar-refractivity contribution < 1.29 is 14.3 Å². The molecule has 0 saturated heterocycles. The second kappa shape index (κ2) is 12.2. The number of thioether (sulfide) groups is 1. The number of carbonyl (C=O) groups is 2. The molecule has 1 amide bonds. The lowest BCUT2D eigenvalue weighted by molar-refractivity contribution is -0.139. The maximum Gasteiger partial charge on any atom is 0.316 e. The number of aliphatic imine (C=N–C) groups is 2. The summed E-state index contributed by atoms with van der Waals surface area (Å²) in [6, 6.07) is 39.7. The smallest absolute Gasteiger partial charge is 0.316 e. The van der Waals surface area contributed by atoms with Crippen molar-refractivity contribution in [3.8, 4) is 0 Å². The molecule has 0 radical (unpaired) electrons. The van der Waals surface area contributed by atoms with E-state index < -0.39 is 6.89 Å². The third kappa shape index (κ3) is 5.44. The van der Waals surface area contributed by atoms with Crippen molar-refractivity contribution in [3.05, 3.63) is 127 Å². The molecule has 5 rings (SSSR count). The van der Waals surface area contributed by atoms with Crippen LogP contribution in [0.1, 0.15) is 12.5 Å². The SMILES string of the molecule is CCOC(=O)CSC1=NC(c2ccccc2)=NC(=O)C1=P(c1ccccc1)(c1ccccc1)c1ccccc1. The van der Waals surface area contributed by atoms with Crippen LogP contribution in [0.5, 0.6) is 0 Å². The topological polar surface area (TPSA) is 68.1 Å². The highest BCUT2D eigenvalue weighted by Gasteiger charge is 2.38. The van der Waals surface area contributed by atoms with Gasteiger partial charge < -0.3 is 4.74 Å². The fourth-order valence-electron chi connectivity index (χ4n) is 4.64. The third-order valence-corrected chi connectivity index (χ3v) is 11.6. The lowest BCUT2D eigenvalue weighted by atomic mass is 10.2. The van der Waals surface area contributed by atoms with E-state index in [0.29, 0.717) is 16.2 Å². The lowest BCUT2D eigenvalue weighted by Crippen LogP contribution is -2.38. The monoisotopic (exact) mass is 550 g/mol. The standard InChI is InChI=1S/C32H27N2O3PS/c1-2-37-28(35)23-39-32-29(31(36)33-30(34-32)24-15-7-3-8-16-24)38(25-17-9-4-10-18-25,26-19-11-5-12-20-26)27-21-13-6-14-22-27/h3-22H,2,23H2,1H3. The van der Waals surface area contributed by atoms with Crippen LogP contribution in [0.4, 0.5) is 0 Å². The largest absolute Gasteiger partial charge is 0.465 e. The molecule has 5 nitrogen and oxygen atoms in total. The first-order chi connectivity index (χ1) is 19.1. The van der Waals surface area contributed by atoms with Gasteiger partial charge in [-0.15, -0.1) is 0 Å². The molecule has 0 unspecified atom stereocenters. The molecule has 4 aromatic rings. The fraction of sp³-hybridized carbons (Fsp3) is 0.0938. The summed E-state index contributed by atoms with van der Waals surface area (Å²) in [5.41, 5.74) is 0.738. The summed E-state index contributed by atoms with van der Waals surface area (Å²) in [4.78, 5) is 36.3. The van der Waals surface area contributed by atoms with Gasteiger partial charge in [0.2, 0.25) is 0 Å². The minimum absolute atomic E-state index is 0.0316. The maximum absolute atomic E-state index is 14.3. The average Bonchev–Trinajstić information content (AvgIpc) is 2.99. The van der Waals surface area contributed by atoms with Crippen molar-refractivity contribution in [2.45, 2.75) is 6.92 Å². The van der Waals surface area contributed by atoms with Gasteiger partial charge in [0.05, 0.1) is 17.7 Å². The molecule has 7 heteroatoms. The summed E-state index contributed by atoms with van der Waals surface area (Å²) in [6.45, 7) is -0.717. The summed E-state index contributed by atoms with van der Waals surface area (Å²) < 4.78 is 5.22. The van der Waals surface area contributed by atoms with Crippen molar-refractivity contribution in [1.82, 2.24) is 0 Å².